The van der Waals surface area contributed by atoms with Gasteiger partial charge in [0.25, 0.3) is 0 Å². The molecule has 0 bridgehead atoms. The second kappa shape index (κ2) is 5.40. The Labute approximate surface area is 126 Å². The van der Waals surface area contributed by atoms with Crippen LogP contribution in [0.4, 0.5) is 4.39 Å². The maximum absolute atomic E-state index is 14.2. The van der Waals surface area contributed by atoms with E-state index in [1.165, 1.54) is 11.0 Å². The number of benzene rings is 1. The Bertz CT molecular complexity index is 755. The first-order valence-corrected chi connectivity index (χ1v) is 7.16. The number of H-pyrrole nitrogens is 1. The number of nitrogens with one attached hydrogen (secondary N) is 1. The van der Waals surface area contributed by atoms with Crippen molar-refractivity contribution in [1.29, 1.82) is 0 Å². The van der Waals surface area contributed by atoms with E-state index in [2.05, 4.69) is 9.97 Å². The average Bonchev–Trinajstić information content (AvgIpc) is 2.84. The summed E-state index contributed by atoms with van der Waals surface area (Å²) < 4.78 is 14.2. The summed E-state index contributed by atoms with van der Waals surface area (Å²) in [6.07, 6.45) is 0.712. The number of amides is 2. The minimum absolute atomic E-state index is 0.0933. The number of fused-ring (bicyclic) bond motifs is 1. The maximum atomic E-state index is 14.2. The molecule has 1 aliphatic rings. The number of primary amides is 1. The summed E-state index contributed by atoms with van der Waals surface area (Å²) in [5.41, 5.74) is 6.93. The smallest absolute Gasteiger partial charge is 0.222 e. The molecule has 22 heavy (non-hydrogen) atoms. The number of nitrogens with zero attached hydrogens (tertiary/aromatic N) is 2. The third kappa shape index (κ3) is 2.54. The number of nitrogens with two attached hydrogens (primary N) is 1. The minimum atomic E-state index is -0.424. The highest BCUT2D eigenvalue weighted by atomic mass is 19.1. The van der Waals surface area contributed by atoms with Gasteiger partial charge in [-0.15, -0.1) is 0 Å². The van der Waals surface area contributed by atoms with Gasteiger partial charge in [-0.1, -0.05) is 0 Å². The molecule has 1 aromatic carbocycles. The molecule has 116 valence electrons. The van der Waals surface area contributed by atoms with Gasteiger partial charge in [0.1, 0.15) is 11.6 Å². The quantitative estimate of drug-likeness (QED) is 0.893. The number of aryl methyl sites for hydroxylation is 1. The van der Waals surface area contributed by atoms with Crippen molar-refractivity contribution < 1.29 is 14.0 Å². The number of carbonyl (C=O) groups excluding carboxylic acids is 2. The van der Waals surface area contributed by atoms with Gasteiger partial charge in [0.05, 0.1) is 23.5 Å². The van der Waals surface area contributed by atoms with Gasteiger partial charge >= 0.3 is 0 Å². The van der Waals surface area contributed by atoms with Crippen molar-refractivity contribution in [2.45, 2.75) is 26.3 Å². The fourth-order valence-electron chi connectivity index (χ4n) is 2.87. The molecule has 0 unspecified atom stereocenters. The first kappa shape index (κ1) is 14.5. The predicted molar refractivity (Wildman–Crippen MR) is 78.1 cm³/mol. The summed E-state index contributed by atoms with van der Waals surface area (Å²) in [6, 6.07) is 2.98. The third-order valence-electron chi connectivity index (χ3n) is 4.07. The zero-order valence-electron chi connectivity index (χ0n) is 12.2. The van der Waals surface area contributed by atoms with Crippen LogP contribution in [0, 0.1) is 18.7 Å². The molecule has 2 amide bonds. The summed E-state index contributed by atoms with van der Waals surface area (Å²) >= 11 is 0. The molecule has 0 aliphatic carbocycles. The maximum Gasteiger partial charge on any atom is 0.222 e. The molecule has 0 radical (unpaired) electrons. The van der Waals surface area contributed by atoms with Crippen molar-refractivity contribution in [3.63, 3.8) is 0 Å². The Kier molecular flexibility index (Phi) is 3.56. The van der Waals surface area contributed by atoms with Gasteiger partial charge in [-0.05, 0) is 25.5 Å². The van der Waals surface area contributed by atoms with Crippen LogP contribution in [0.1, 0.15) is 24.2 Å². The molecule has 0 spiro atoms. The lowest BCUT2D eigenvalue weighted by Gasteiger charge is -2.31. The number of halogens is 1. The van der Waals surface area contributed by atoms with Crippen molar-refractivity contribution in [2.24, 2.45) is 11.7 Å². The summed E-state index contributed by atoms with van der Waals surface area (Å²) in [5.74, 6) is -0.622. The molecular weight excluding hydrogens is 287 g/mol. The lowest BCUT2D eigenvalue weighted by molar-refractivity contribution is -0.138. The Morgan fingerprint density at radius 3 is 3.05 bits per heavy atom. The molecule has 2 heterocycles. The van der Waals surface area contributed by atoms with Crippen LogP contribution in [0.5, 0.6) is 0 Å². The van der Waals surface area contributed by atoms with Crippen LogP contribution >= 0.6 is 0 Å². The highest BCUT2D eigenvalue weighted by Crippen LogP contribution is 2.25. The van der Waals surface area contributed by atoms with Gasteiger partial charge in [-0.25, -0.2) is 9.37 Å². The van der Waals surface area contributed by atoms with E-state index < -0.39 is 11.7 Å². The van der Waals surface area contributed by atoms with E-state index in [-0.39, 0.29) is 31.3 Å². The van der Waals surface area contributed by atoms with E-state index >= 15 is 0 Å². The van der Waals surface area contributed by atoms with Gasteiger partial charge in [-0.3, -0.25) is 9.59 Å². The van der Waals surface area contributed by atoms with E-state index in [0.717, 1.165) is 5.52 Å². The topological polar surface area (TPSA) is 92.1 Å². The first-order valence-electron chi connectivity index (χ1n) is 7.16. The molecule has 3 N–H and O–H groups in total. The van der Waals surface area contributed by atoms with E-state index in [1.54, 1.807) is 13.0 Å². The molecule has 3 rings (SSSR count). The van der Waals surface area contributed by atoms with Crippen LogP contribution in [0.3, 0.4) is 0 Å². The van der Waals surface area contributed by atoms with E-state index in [9.17, 15) is 14.0 Å². The monoisotopic (exact) mass is 304 g/mol. The molecule has 1 saturated heterocycles. The summed E-state index contributed by atoms with van der Waals surface area (Å²) in [5, 5.41) is 0. The zero-order chi connectivity index (χ0) is 15.9. The summed E-state index contributed by atoms with van der Waals surface area (Å²) in [4.78, 5) is 32.2. The number of piperidine rings is 1. The van der Waals surface area contributed by atoms with Crippen molar-refractivity contribution >= 4 is 22.8 Å². The lowest BCUT2D eigenvalue weighted by atomic mass is 9.96. The number of carbonyl (C=O) groups is 2. The van der Waals surface area contributed by atoms with Crippen LogP contribution < -0.4 is 5.73 Å². The van der Waals surface area contributed by atoms with Gasteiger partial charge in [0.15, 0.2) is 0 Å². The van der Waals surface area contributed by atoms with Crippen LogP contribution in [-0.4, -0.2) is 33.2 Å². The normalized spacial score (nSPS) is 18.9. The highest BCUT2D eigenvalue weighted by molar-refractivity contribution is 5.84. The SMILES string of the molecule is Cc1nc2c(CN3C[C@@H](C(N)=O)CCC3=O)c(F)ccc2[nH]1. The second-order valence-corrected chi connectivity index (χ2v) is 5.66. The molecule has 7 heteroatoms. The molecule has 2 aromatic rings. The molecule has 6 nitrogen and oxygen atoms in total. The molecule has 1 atom stereocenters. The molecular formula is C15H17FN4O2. The largest absolute Gasteiger partial charge is 0.369 e. The minimum Gasteiger partial charge on any atom is -0.369 e. The predicted octanol–water partition coefficient (Wildman–Crippen LogP) is 1.23. The Hall–Kier alpha value is -2.44. The number of rotatable bonds is 3. The number of aromatic amines is 1. The van der Waals surface area contributed by atoms with Gasteiger partial charge in [0, 0.05) is 18.5 Å². The van der Waals surface area contributed by atoms with Crippen LogP contribution in [0.25, 0.3) is 11.0 Å². The molecule has 1 aromatic heterocycles. The highest BCUT2D eigenvalue weighted by Gasteiger charge is 2.30. The Balaban J connectivity index is 1.93. The molecule has 1 aliphatic heterocycles. The number of aromatic nitrogens is 2. The van der Waals surface area contributed by atoms with E-state index in [1.807, 2.05) is 0 Å². The van der Waals surface area contributed by atoms with Crippen LogP contribution in [0.2, 0.25) is 0 Å². The standard InChI is InChI=1S/C15H17FN4O2/c1-8-18-12-4-3-11(16)10(14(12)19-8)7-20-6-9(15(17)22)2-5-13(20)21/h3-4,9H,2,5-7H2,1H3,(H2,17,22)(H,18,19)/t9-/m0/s1. The lowest BCUT2D eigenvalue weighted by Crippen LogP contribution is -2.44. The zero-order valence-corrected chi connectivity index (χ0v) is 12.2. The van der Waals surface area contributed by atoms with Gasteiger partial charge in [0.2, 0.25) is 11.8 Å². The Morgan fingerprint density at radius 2 is 2.32 bits per heavy atom. The third-order valence-corrected chi connectivity index (χ3v) is 4.07. The number of hydrogen-bond acceptors (Lipinski definition) is 3. The van der Waals surface area contributed by atoms with Crippen LogP contribution in [0.15, 0.2) is 12.1 Å². The molecule has 1 fully saturated rings. The van der Waals surface area contributed by atoms with Gasteiger partial charge < -0.3 is 15.6 Å². The van der Waals surface area contributed by atoms with Gasteiger partial charge in [-0.2, -0.15) is 0 Å². The first-order chi connectivity index (χ1) is 10.5. The fourth-order valence-corrected chi connectivity index (χ4v) is 2.87. The fraction of sp³-hybridized carbons (Fsp3) is 0.400. The number of hydrogen-bond donors (Lipinski definition) is 2. The Morgan fingerprint density at radius 1 is 1.55 bits per heavy atom. The van der Waals surface area contributed by atoms with Crippen molar-refractivity contribution in [3.05, 3.63) is 29.3 Å². The summed E-state index contributed by atoms with van der Waals surface area (Å²) in [7, 11) is 0. The number of likely N-dealkylation sites (tertiary alicyclic amines) is 1. The molecule has 0 saturated carbocycles. The second-order valence-electron chi connectivity index (χ2n) is 5.66. The van der Waals surface area contributed by atoms with Crippen molar-refractivity contribution in [1.82, 2.24) is 14.9 Å². The van der Waals surface area contributed by atoms with E-state index in [4.69, 9.17) is 5.73 Å². The average molecular weight is 304 g/mol. The van der Waals surface area contributed by atoms with Crippen molar-refractivity contribution in [2.75, 3.05) is 6.54 Å². The summed E-state index contributed by atoms with van der Waals surface area (Å²) in [6.45, 7) is 2.11. The van der Waals surface area contributed by atoms with E-state index in [0.29, 0.717) is 23.3 Å². The van der Waals surface area contributed by atoms with Crippen LogP contribution in [-0.2, 0) is 16.1 Å². The van der Waals surface area contributed by atoms with Crippen molar-refractivity contribution in [3.8, 4) is 0 Å². The number of imidazole rings is 1.